The number of urea groups is 1. The minimum atomic E-state index is -0.650. The zero-order chi connectivity index (χ0) is 13.1. The van der Waals surface area contributed by atoms with E-state index in [9.17, 15) is 9.59 Å². The van der Waals surface area contributed by atoms with Gasteiger partial charge in [0, 0.05) is 30.4 Å². The molecule has 0 radical (unpaired) electrons. The van der Waals surface area contributed by atoms with Crippen LogP contribution in [0, 0.1) is 0 Å². The van der Waals surface area contributed by atoms with Gasteiger partial charge in [0.2, 0.25) is 0 Å². The Hall–Kier alpha value is -2.08. The first-order valence-corrected chi connectivity index (χ1v) is 5.77. The van der Waals surface area contributed by atoms with Gasteiger partial charge in [-0.2, -0.15) is 0 Å². The fraction of sp³-hybridized carbons (Fsp3) is 0.333. The number of carbonyl (C=O) groups excluding carboxylic acids is 2. The minimum absolute atomic E-state index is 0.0564. The van der Waals surface area contributed by atoms with Crippen LogP contribution >= 0.6 is 0 Å². The van der Waals surface area contributed by atoms with Crippen LogP contribution in [0.15, 0.2) is 24.3 Å². The van der Waals surface area contributed by atoms with Crippen LogP contribution in [-0.4, -0.2) is 36.0 Å². The van der Waals surface area contributed by atoms with Crippen LogP contribution < -0.4 is 16.8 Å². The van der Waals surface area contributed by atoms with Crippen LogP contribution in [0.4, 0.5) is 10.5 Å². The first kappa shape index (κ1) is 12.4. The van der Waals surface area contributed by atoms with Crippen molar-refractivity contribution in [3.63, 3.8) is 0 Å². The molecule has 2 rings (SSSR count). The molecular formula is C12H16N4O2. The van der Waals surface area contributed by atoms with E-state index in [0.29, 0.717) is 24.3 Å². The Kier molecular flexibility index (Phi) is 3.47. The summed E-state index contributed by atoms with van der Waals surface area (Å²) in [6.45, 7) is 1.25. The Morgan fingerprint density at radius 2 is 2.17 bits per heavy atom. The molecule has 1 aliphatic rings. The molecule has 0 unspecified atom stereocenters. The molecule has 0 aromatic heterocycles. The normalized spacial score (nSPS) is 18.7. The van der Waals surface area contributed by atoms with Crippen molar-refractivity contribution < 1.29 is 9.59 Å². The summed E-state index contributed by atoms with van der Waals surface area (Å²) >= 11 is 0. The second kappa shape index (κ2) is 5.05. The summed E-state index contributed by atoms with van der Waals surface area (Å²) in [7, 11) is 0. The van der Waals surface area contributed by atoms with Crippen molar-refractivity contribution in [1.29, 1.82) is 0 Å². The number of hydrogen-bond donors (Lipinski definition) is 3. The standard InChI is InChI=1S/C12H16N4O2/c13-9-4-5-16(7-9)11(17)8-2-1-3-10(6-8)15-12(14)18/h1-3,6,9H,4-5,7,13H2,(H3,14,15,18)/t9-/m1/s1. The summed E-state index contributed by atoms with van der Waals surface area (Å²) in [5.41, 5.74) is 11.8. The van der Waals surface area contributed by atoms with Gasteiger partial charge in [0.05, 0.1) is 0 Å². The predicted molar refractivity (Wildman–Crippen MR) is 68.1 cm³/mol. The van der Waals surface area contributed by atoms with Gasteiger partial charge in [-0.3, -0.25) is 4.79 Å². The highest BCUT2D eigenvalue weighted by Gasteiger charge is 2.24. The third-order valence-electron chi connectivity index (χ3n) is 2.89. The maximum atomic E-state index is 12.2. The number of hydrogen-bond acceptors (Lipinski definition) is 3. The molecule has 1 aromatic carbocycles. The van der Waals surface area contributed by atoms with Gasteiger partial charge in [-0.1, -0.05) is 6.07 Å². The zero-order valence-corrected chi connectivity index (χ0v) is 9.93. The lowest BCUT2D eigenvalue weighted by Gasteiger charge is -2.16. The van der Waals surface area contributed by atoms with E-state index in [1.54, 1.807) is 29.2 Å². The molecule has 6 heteroatoms. The lowest BCUT2D eigenvalue weighted by Crippen LogP contribution is -2.31. The summed E-state index contributed by atoms with van der Waals surface area (Å²) in [5.74, 6) is -0.0731. The molecule has 1 fully saturated rings. The minimum Gasteiger partial charge on any atom is -0.351 e. The van der Waals surface area contributed by atoms with E-state index in [1.165, 1.54) is 0 Å². The number of amides is 3. The average molecular weight is 248 g/mol. The molecule has 96 valence electrons. The molecule has 3 amide bonds. The number of benzene rings is 1. The van der Waals surface area contributed by atoms with Crippen molar-refractivity contribution in [2.24, 2.45) is 11.5 Å². The molecule has 1 saturated heterocycles. The van der Waals surface area contributed by atoms with Crippen molar-refractivity contribution >= 4 is 17.6 Å². The van der Waals surface area contributed by atoms with Crippen LogP contribution in [-0.2, 0) is 0 Å². The monoisotopic (exact) mass is 248 g/mol. The first-order chi connectivity index (χ1) is 8.56. The van der Waals surface area contributed by atoms with Gasteiger partial charge in [0.25, 0.3) is 5.91 Å². The lowest BCUT2D eigenvalue weighted by molar-refractivity contribution is 0.0791. The fourth-order valence-electron chi connectivity index (χ4n) is 2.03. The van der Waals surface area contributed by atoms with Crippen molar-refractivity contribution in [1.82, 2.24) is 4.90 Å². The van der Waals surface area contributed by atoms with E-state index in [4.69, 9.17) is 11.5 Å². The van der Waals surface area contributed by atoms with E-state index in [0.717, 1.165) is 6.42 Å². The molecule has 18 heavy (non-hydrogen) atoms. The second-order valence-electron chi connectivity index (χ2n) is 4.37. The third-order valence-corrected chi connectivity index (χ3v) is 2.89. The zero-order valence-electron chi connectivity index (χ0n) is 9.93. The molecule has 1 aliphatic heterocycles. The Balaban J connectivity index is 2.12. The van der Waals surface area contributed by atoms with Crippen LogP contribution in [0.5, 0.6) is 0 Å². The van der Waals surface area contributed by atoms with Crippen molar-refractivity contribution in [3.05, 3.63) is 29.8 Å². The number of rotatable bonds is 2. The second-order valence-corrected chi connectivity index (χ2v) is 4.37. The van der Waals surface area contributed by atoms with Crippen LogP contribution in [0.25, 0.3) is 0 Å². The third kappa shape index (κ3) is 2.78. The number of nitrogens with one attached hydrogen (secondary N) is 1. The number of nitrogens with zero attached hydrogens (tertiary/aromatic N) is 1. The highest BCUT2D eigenvalue weighted by molar-refractivity contribution is 5.96. The maximum Gasteiger partial charge on any atom is 0.316 e. The topological polar surface area (TPSA) is 101 Å². The largest absolute Gasteiger partial charge is 0.351 e. The molecule has 6 nitrogen and oxygen atoms in total. The van der Waals surface area contributed by atoms with Crippen LogP contribution in [0.1, 0.15) is 16.8 Å². The fourth-order valence-corrected chi connectivity index (χ4v) is 2.03. The SMILES string of the molecule is NC(=O)Nc1cccc(C(=O)N2CC[C@@H](N)C2)c1. The number of anilines is 1. The quantitative estimate of drug-likeness (QED) is 0.703. The smallest absolute Gasteiger partial charge is 0.316 e. The summed E-state index contributed by atoms with van der Waals surface area (Å²) in [6, 6.07) is 6.10. The van der Waals surface area contributed by atoms with E-state index in [2.05, 4.69) is 5.32 Å². The first-order valence-electron chi connectivity index (χ1n) is 5.77. The Morgan fingerprint density at radius 1 is 1.39 bits per heavy atom. The summed E-state index contributed by atoms with van der Waals surface area (Å²) < 4.78 is 0. The summed E-state index contributed by atoms with van der Waals surface area (Å²) in [6.07, 6.45) is 0.824. The van der Waals surface area contributed by atoms with Gasteiger partial charge in [-0.15, -0.1) is 0 Å². The van der Waals surface area contributed by atoms with E-state index in [1.807, 2.05) is 0 Å². The average Bonchev–Trinajstić information content (AvgIpc) is 2.74. The van der Waals surface area contributed by atoms with Gasteiger partial charge < -0.3 is 21.7 Å². The molecule has 1 aromatic rings. The van der Waals surface area contributed by atoms with Crippen LogP contribution in [0.3, 0.4) is 0 Å². The van der Waals surface area contributed by atoms with Gasteiger partial charge in [0.1, 0.15) is 0 Å². The number of likely N-dealkylation sites (tertiary alicyclic amines) is 1. The van der Waals surface area contributed by atoms with Crippen molar-refractivity contribution in [2.45, 2.75) is 12.5 Å². The van der Waals surface area contributed by atoms with Crippen LogP contribution in [0.2, 0.25) is 0 Å². The Morgan fingerprint density at radius 3 is 2.78 bits per heavy atom. The van der Waals surface area contributed by atoms with E-state index in [-0.39, 0.29) is 11.9 Å². The van der Waals surface area contributed by atoms with Crippen molar-refractivity contribution in [3.8, 4) is 0 Å². The van der Waals surface area contributed by atoms with Gasteiger partial charge in [0.15, 0.2) is 0 Å². The molecule has 5 N–H and O–H groups in total. The summed E-state index contributed by atoms with van der Waals surface area (Å²) in [4.78, 5) is 24.6. The van der Waals surface area contributed by atoms with Gasteiger partial charge in [-0.25, -0.2) is 4.79 Å². The lowest BCUT2D eigenvalue weighted by atomic mass is 10.2. The molecule has 0 aliphatic carbocycles. The molecule has 1 atom stereocenters. The molecular weight excluding hydrogens is 232 g/mol. The molecule has 0 bridgehead atoms. The molecule has 0 spiro atoms. The van der Waals surface area contributed by atoms with Gasteiger partial charge >= 0.3 is 6.03 Å². The highest BCUT2D eigenvalue weighted by Crippen LogP contribution is 2.15. The Bertz CT molecular complexity index is 475. The van der Waals surface area contributed by atoms with Gasteiger partial charge in [-0.05, 0) is 24.6 Å². The number of nitrogens with two attached hydrogens (primary N) is 2. The molecule has 0 saturated carbocycles. The number of carbonyl (C=O) groups is 2. The van der Waals surface area contributed by atoms with E-state index < -0.39 is 6.03 Å². The van der Waals surface area contributed by atoms with E-state index >= 15 is 0 Å². The van der Waals surface area contributed by atoms with Crippen molar-refractivity contribution in [2.75, 3.05) is 18.4 Å². The maximum absolute atomic E-state index is 12.2. The summed E-state index contributed by atoms with van der Waals surface area (Å²) in [5, 5.41) is 2.44. The highest BCUT2D eigenvalue weighted by atomic mass is 16.2. The molecule has 1 heterocycles. The number of primary amides is 1. The Labute approximate surface area is 105 Å². The predicted octanol–water partition coefficient (Wildman–Crippen LogP) is 0.350.